The highest BCUT2D eigenvalue weighted by Gasteiger charge is 2.43. The van der Waals surface area contributed by atoms with Gasteiger partial charge >= 0.3 is 6.03 Å². The Bertz CT molecular complexity index is 1160. The van der Waals surface area contributed by atoms with E-state index in [-0.39, 0.29) is 48.9 Å². The van der Waals surface area contributed by atoms with Crippen LogP contribution in [0.4, 0.5) is 4.79 Å². The van der Waals surface area contributed by atoms with Gasteiger partial charge in [-0.2, -0.15) is 0 Å². The molecular weight excluding hydrogens is 628 g/mol. The third-order valence-corrected chi connectivity index (χ3v) is 9.75. The molecule has 4 atom stereocenters. The number of hydrogen-bond acceptors (Lipinski definition) is 7. The number of nitrogens with zero attached hydrogens (tertiary/aromatic N) is 2. The largest absolute Gasteiger partial charge is 0.363 e. The van der Waals surface area contributed by atoms with Crippen LogP contribution in [-0.2, 0) is 28.8 Å². The third kappa shape index (κ3) is 12.1. The Morgan fingerprint density at radius 2 is 1.39 bits per heavy atom. The van der Waals surface area contributed by atoms with Crippen LogP contribution in [0.25, 0.3) is 0 Å². The Hall–Kier alpha value is -3.51. The number of likely N-dealkylation sites (tertiary alicyclic amines) is 2. The lowest BCUT2D eigenvalue weighted by atomic mass is 9.83. The molecule has 0 radical (unpaired) electrons. The van der Waals surface area contributed by atoms with Gasteiger partial charge in [0.15, 0.2) is 0 Å². The first-order valence-electron chi connectivity index (χ1n) is 18.6. The highest BCUT2D eigenvalue weighted by atomic mass is 16.2. The number of rotatable bonds is 12. The number of imide groups is 1. The van der Waals surface area contributed by atoms with Gasteiger partial charge in [0.25, 0.3) is 5.91 Å². The van der Waals surface area contributed by atoms with Crippen LogP contribution in [-0.4, -0.2) is 88.4 Å². The molecule has 0 bridgehead atoms. The molecule has 13 nitrogen and oxygen atoms in total. The number of nitrogens with two attached hydrogens (primary N) is 1. The van der Waals surface area contributed by atoms with Crippen molar-refractivity contribution in [3.8, 4) is 0 Å². The Balaban J connectivity index is 0.00000201. The van der Waals surface area contributed by atoms with Crippen molar-refractivity contribution in [2.24, 2.45) is 23.0 Å². The summed E-state index contributed by atoms with van der Waals surface area (Å²) in [6.45, 7) is 14.1. The average molecular weight is 691 g/mol. The summed E-state index contributed by atoms with van der Waals surface area (Å²) in [5.74, 6) is -3.19. The molecule has 49 heavy (non-hydrogen) atoms. The number of amides is 7. The Kier molecular flexibility index (Phi) is 16.7. The predicted octanol–water partition coefficient (Wildman–Crippen LogP) is 3.57. The van der Waals surface area contributed by atoms with E-state index in [0.717, 1.165) is 44.9 Å². The molecule has 7 amide bonds. The number of carbonyl (C=O) groups is 7. The molecule has 2 aliphatic heterocycles. The smallest absolute Gasteiger partial charge is 0.315 e. The van der Waals surface area contributed by atoms with Crippen LogP contribution < -0.4 is 21.7 Å². The van der Waals surface area contributed by atoms with E-state index >= 15 is 0 Å². The Labute approximate surface area is 292 Å². The predicted molar refractivity (Wildman–Crippen MR) is 187 cm³/mol. The van der Waals surface area contributed by atoms with Crippen molar-refractivity contribution in [3.63, 3.8) is 0 Å². The number of carbonyl (C=O) groups excluding carboxylic acids is 7. The van der Waals surface area contributed by atoms with Crippen molar-refractivity contribution in [2.45, 2.75) is 156 Å². The molecule has 278 valence electrons. The van der Waals surface area contributed by atoms with Crippen LogP contribution in [0, 0.1) is 17.3 Å². The van der Waals surface area contributed by atoms with E-state index in [2.05, 4.69) is 16.0 Å². The van der Waals surface area contributed by atoms with Gasteiger partial charge in [-0.1, -0.05) is 80.6 Å². The third-order valence-electron chi connectivity index (χ3n) is 9.75. The van der Waals surface area contributed by atoms with E-state index < -0.39 is 53.2 Å². The van der Waals surface area contributed by atoms with Crippen LogP contribution in [0.5, 0.6) is 0 Å². The summed E-state index contributed by atoms with van der Waals surface area (Å²) in [6, 6.07) is -3.89. The number of primary amides is 1. The number of urea groups is 1. The highest BCUT2D eigenvalue weighted by Crippen LogP contribution is 2.34. The molecule has 13 heteroatoms. The maximum absolute atomic E-state index is 14.2. The lowest BCUT2D eigenvalue weighted by Gasteiger charge is -2.38. The van der Waals surface area contributed by atoms with E-state index in [4.69, 9.17) is 5.73 Å². The fraction of sp³-hybridized carbons (Fsp3) is 0.806. The van der Waals surface area contributed by atoms with Gasteiger partial charge in [-0.15, -0.1) is 0 Å². The fourth-order valence-corrected chi connectivity index (χ4v) is 6.75. The van der Waals surface area contributed by atoms with Crippen LogP contribution in [0.3, 0.4) is 0 Å². The van der Waals surface area contributed by atoms with Gasteiger partial charge in [-0.25, -0.2) is 4.79 Å². The monoisotopic (exact) mass is 690 g/mol. The van der Waals surface area contributed by atoms with E-state index in [0.29, 0.717) is 32.2 Å². The lowest BCUT2D eigenvalue weighted by Crippen LogP contribution is -2.61. The Morgan fingerprint density at radius 3 is 1.92 bits per heavy atom. The summed E-state index contributed by atoms with van der Waals surface area (Å²) in [6.07, 6.45) is 8.62. The summed E-state index contributed by atoms with van der Waals surface area (Å²) >= 11 is 0. The minimum Gasteiger partial charge on any atom is -0.363 e. The van der Waals surface area contributed by atoms with Gasteiger partial charge in [-0.05, 0) is 55.8 Å². The van der Waals surface area contributed by atoms with Gasteiger partial charge in [-0.3, -0.25) is 33.7 Å². The van der Waals surface area contributed by atoms with Gasteiger partial charge < -0.3 is 26.6 Å². The topological polar surface area (TPSA) is 188 Å². The molecule has 4 rings (SSSR count). The molecule has 0 aromatic rings. The van der Waals surface area contributed by atoms with Crippen LogP contribution in [0.1, 0.15) is 132 Å². The molecule has 0 aromatic carbocycles. The quantitative estimate of drug-likeness (QED) is 0.178. The molecular formula is C36H62N6O7. The number of piperidine rings is 1. The van der Waals surface area contributed by atoms with Crippen molar-refractivity contribution in [1.29, 1.82) is 0 Å². The van der Waals surface area contributed by atoms with Gasteiger partial charge in [0, 0.05) is 25.9 Å². The molecule has 4 fully saturated rings. The molecule has 4 aliphatic rings. The van der Waals surface area contributed by atoms with Crippen molar-refractivity contribution < 1.29 is 33.6 Å². The summed E-state index contributed by atoms with van der Waals surface area (Å²) in [5.41, 5.74) is 4.74. The molecule has 0 aromatic heterocycles. The first-order chi connectivity index (χ1) is 23.3. The van der Waals surface area contributed by atoms with Crippen LogP contribution in [0.2, 0.25) is 0 Å². The summed E-state index contributed by atoms with van der Waals surface area (Å²) in [4.78, 5) is 93.0. The molecule has 1 unspecified atom stereocenters. The van der Waals surface area contributed by atoms with Gasteiger partial charge in [0.05, 0.1) is 12.1 Å². The van der Waals surface area contributed by atoms with Crippen molar-refractivity contribution in [3.05, 3.63) is 0 Å². The SMILES string of the molecule is CC.CC.CC(C)(C)[C@@H](CN1C(=O)CCCC1=O)NC(=O)N[C@H](C(=O)N1CCC[C@H]1C(=O)NC(CC1CC1)C(=O)C(N)=O)C1CCCCC1. The zero-order chi connectivity index (χ0) is 36.9. The van der Waals surface area contributed by atoms with E-state index in [1.165, 1.54) is 9.80 Å². The number of hydrogen-bond donors (Lipinski definition) is 4. The van der Waals surface area contributed by atoms with E-state index in [9.17, 15) is 33.6 Å². The Morgan fingerprint density at radius 1 is 0.796 bits per heavy atom. The van der Waals surface area contributed by atoms with E-state index in [1.54, 1.807) is 0 Å². The molecule has 2 aliphatic carbocycles. The molecule has 2 heterocycles. The summed E-state index contributed by atoms with van der Waals surface area (Å²) in [5, 5.41) is 8.56. The van der Waals surface area contributed by atoms with Gasteiger partial charge in [0.1, 0.15) is 12.1 Å². The van der Waals surface area contributed by atoms with Crippen LogP contribution in [0.15, 0.2) is 0 Å². The highest BCUT2D eigenvalue weighted by molar-refractivity contribution is 6.37. The van der Waals surface area contributed by atoms with E-state index in [1.807, 2.05) is 48.5 Å². The van der Waals surface area contributed by atoms with Crippen molar-refractivity contribution in [2.75, 3.05) is 13.1 Å². The maximum Gasteiger partial charge on any atom is 0.315 e. The van der Waals surface area contributed by atoms with Crippen LogP contribution >= 0.6 is 0 Å². The standard InChI is InChI=1S/C32H50N6O7.2C2H6/c1-32(2,3)23(18-38-24(39)12-7-13-25(38)40)35-31(45)36-26(20-9-5-4-6-10-20)30(44)37-16-8-11-22(37)29(43)34-21(17-19-14-15-19)27(41)28(33)42;2*1-2/h19-23,26H,4-18H2,1-3H3,(H2,33,42)(H,34,43)(H2,35,36,45);2*1-2H3/t21?,22-,23+,26-;;/m0../s1. The summed E-state index contributed by atoms with van der Waals surface area (Å²) < 4.78 is 0. The van der Waals surface area contributed by atoms with Crippen molar-refractivity contribution >= 4 is 41.4 Å². The zero-order valence-electron chi connectivity index (χ0n) is 30.9. The molecule has 5 N–H and O–H groups in total. The second kappa shape index (κ2) is 19.6. The number of ketones is 1. The minimum absolute atomic E-state index is 0.0387. The maximum atomic E-state index is 14.2. The first kappa shape index (κ1) is 41.7. The van der Waals surface area contributed by atoms with Crippen molar-refractivity contribution in [1.82, 2.24) is 25.8 Å². The average Bonchev–Trinajstić information content (AvgIpc) is 3.76. The van der Waals surface area contributed by atoms with Gasteiger partial charge in [0.2, 0.25) is 29.4 Å². The lowest BCUT2D eigenvalue weighted by molar-refractivity contribution is -0.148. The molecule has 2 saturated carbocycles. The molecule has 0 spiro atoms. The fourth-order valence-electron chi connectivity index (χ4n) is 6.75. The minimum atomic E-state index is -1.10. The number of nitrogens with one attached hydrogen (secondary N) is 3. The normalized spacial score (nSPS) is 21.6. The second-order valence-corrected chi connectivity index (χ2v) is 14.3. The second-order valence-electron chi connectivity index (χ2n) is 14.3. The zero-order valence-corrected chi connectivity index (χ0v) is 30.9. The number of Topliss-reactive ketones (excluding diaryl/α,β-unsaturated/α-hetero) is 1. The first-order valence-corrected chi connectivity index (χ1v) is 18.6. The summed E-state index contributed by atoms with van der Waals surface area (Å²) in [7, 11) is 0. The molecule has 2 saturated heterocycles.